The third kappa shape index (κ3) is 5.61. The van der Waals surface area contributed by atoms with Crippen molar-refractivity contribution in [3.63, 3.8) is 0 Å². The molecule has 0 radical (unpaired) electrons. The largest absolute Gasteiger partial charge is 0.496 e. The molecule has 0 aliphatic heterocycles. The summed E-state index contributed by atoms with van der Waals surface area (Å²) in [5, 5.41) is 16.6. The summed E-state index contributed by atoms with van der Waals surface area (Å²) < 4.78 is 12.9. The summed E-state index contributed by atoms with van der Waals surface area (Å²) in [6.45, 7) is 9.69. The van der Waals surface area contributed by atoms with Gasteiger partial charge in [-0.2, -0.15) is 9.78 Å². The van der Waals surface area contributed by atoms with Gasteiger partial charge in [-0.05, 0) is 54.3 Å². The second-order valence-electron chi connectivity index (χ2n) is 9.08. The summed E-state index contributed by atoms with van der Waals surface area (Å²) in [6.07, 6.45) is 2.85. The maximum atomic E-state index is 13.7. The molecule has 3 aromatic carbocycles. The second kappa shape index (κ2) is 11.6. The number of halogens is 1. The molecule has 1 heterocycles. The van der Waals surface area contributed by atoms with Crippen LogP contribution in [-0.2, 0) is 0 Å². The van der Waals surface area contributed by atoms with Crippen molar-refractivity contribution in [1.29, 1.82) is 0 Å². The van der Waals surface area contributed by atoms with E-state index >= 15 is 0 Å². The fourth-order valence-corrected chi connectivity index (χ4v) is 4.69. The van der Waals surface area contributed by atoms with Crippen LogP contribution in [0.15, 0.2) is 75.6 Å². The molecule has 4 aromatic rings. The van der Waals surface area contributed by atoms with Crippen molar-refractivity contribution < 1.29 is 14.4 Å². The molecule has 0 aliphatic rings. The molecular weight excluding hydrogens is 564 g/mol. The molecule has 0 saturated carbocycles. The number of aromatic nitrogens is 2. The van der Waals surface area contributed by atoms with Crippen LogP contribution in [0.3, 0.4) is 0 Å². The minimum Gasteiger partial charge on any atom is -0.496 e. The standard InChI is InChI=1S/C29H27BrN4O5/c1-6-11-39-27-19(13-20(30)14-25(27)34(36)37)16-31-33-28(32-24-10-8-7-9-21(24)29(33)35)23-15-22(17(2)3)26(38-5)12-18(23)4/h6-10,12-17H,1,11H2,2-5H3. The summed E-state index contributed by atoms with van der Waals surface area (Å²) in [5.41, 5.74) is 2.71. The number of benzene rings is 3. The number of nitro benzene ring substituents is 1. The molecule has 0 amide bonds. The first-order chi connectivity index (χ1) is 18.7. The van der Waals surface area contributed by atoms with Gasteiger partial charge in [0.05, 0.1) is 29.2 Å². The van der Waals surface area contributed by atoms with Crippen LogP contribution in [0.4, 0.5) is 5.69 Å². The highest BCUT2D eigenvalue weighted by molar-refractivity contribution is 9.10. The second-order valence-corrected chi connectivity index (χ2v) is 9.99. The van der Waals surface area contributed by atoms with Crippen LogP contribution in [0, 0.1) is 17.0 Å². The summed E-state index contributed by atoms with van der Waals surface area (Å²) >= 11 is 3.32. The van der Waals surface area contributed by atoms with Crippen LogP contribution in [0.25, 0.3) is 22.3 Å². The molecule has 200 valence electrons. The summed E-state index contributed by atoms with van der Waals surface area (Å²) in [6, 6.07) is 13.9. The Labute approximate surface area is 233 Å². The molecule has 0 aliphatic carbocycles. The van der Waals surface area contributed by atoms with Gasteiger partial charge < -0.3 is 9.47 Å². The highest BCUT2D eigenvalue weighted by Gasteiger charge is 2.21. The summed E-state index contributed by atoms with van der Waals surface area (Å²) in [7, 11) is 1.62. The molecule has 0 saturated heterocycles. The summed E-state index contributed by atoms with van der Waals surface area (Å²) in [4.78, 5) is 29.7. The van der Waals surface area contributed by atoms with Gasteiger partial charge in [-0.3, -0.25) is 14.9 Å². The lowest BCUT2D eigenvalue weighted by molar-refractivity contribution is -0.385. The predicted molar refractivity (Wildman–Crippen MR) is 156 cm³/mol. The van der Waals surface area contributed by atoms with Crippen molar-refractivity contribution in [3.05, 3.63) is 103 Å². The van der Waals surface area contributed by atoms with Gasteiger partial charge in [0, 0.05) is 21.7 Å². The number of hydrogen-bond donors (Lipinski definition) is 0. The number of nitrogens with zero attached hydrogens (tertiary/aromatic N) is 4. The summed E-state index contributed by atoms with van der Waals surface area (Å²) in [5.74, 6) is 1.23. The molecule has 4 rings (SSSR count). The zero-order valence-electron chi connectivity index (χ0n) is 22.0. The fraction of sp³-hybridized carbons (Fsp3) is 0.207. The number of fused-ring (bicyclic) bond motifs is 1. The maximum absolute atomic E-state index is 13.7. The molecule has 39 heavy (non-hydrogen) atoms. The first-order valence-electron chi connectivity index (χ1n) is 12.1. The molecule has 10 heteroatoms. The van der Waals surface area contributed by atoms with Crippen LogP contribution >= 0.6 is 15.9 Å². The van der Waals surface area contributed by atoms with E-state index in [2.05, 4.69) is 41.5 Å². The van der Waals surface area contributed by atoms with Gasteiger partial charge in [-0.1, -0.05) is 54.6 Å². The lowest BCUT2D eigenvalue weighted by Gasteiger charge is -2.17. The predicted octanol–water partition coefficient (Wildman–Crippen LogP) is 6.62. The van der Waals surface area contributed by atoms with E-state index in [9.17, 15) is 14.9 Å². The van der Waals surface area contributed by atoms with E-state index in [-0.39, 0.29) is 29.5 Å². The molecule has 1 aromatic heterocycles. The first-order valence-corrected chi connectivity index (χ1v) is 12.9. The van der Waals surface area contributed by atoms with Gasteiger partial charge in [0.1, 0.15) is 12.4 Å². The van der Waals surface area contributed by atoms with E-state index in [4.69, 9.17) is 14.5 Å². The normalized spacial score (nSPS) is 11.3. The van der Waals surface area contributed by atoms with Gasteiger partial charge in [0.25, 0.3) is 5.56 Å². The van der Waals surface area contributed by atoms with E-state index in [1.54, 1.807) is 31.4 Å². The Morgan fingerprint density at radius 2 is 1.97 bits per heavy atom. The Morgan fingerprint density at radius 1 is 1.23 bits per heavy atom. The van der Waals surface area contributed by atoms with Crippen molar-refractivity contribution >= 4 is 38.7 Å². The Morgan fingerprint density at radius 3 is 2.64 bits per heavy atom. The molecule has 0 fully saturated rings. The van der Waals surface area contributed by atoms with Crippen LogP contribution < -0.4 is 15.0 Å². The molecule has 0 atom stereocenters. The van der Waals surface area contributed by atoms with Gasteiger partial charge >= 0.3 is 5.69 Å². The van der Waals surface area contributed by atoms with Crippen molar-refractivity contribution in [2.24, 2.45) is 5.10 Å². The number of hydrogen-bond acceptors (Lipinski definition) is 7. The highest BCUT2D eigenvalue weighted by atomic mass is 79.9. The van der Waals surface area contributed by atoms with Crippen molar-refractivity contribution in [2.45, 2.75) is 26.7 Å². The van der Waals surface area contributed by atoms with Crippen LogP contribution in [0.1, 0.15) is 36.5 Å². The number of ether oxygens (including phenoxy) is 2. The number of para-hydroxylation sites is 1. The smallest absolute Gasteiger partial charge is 0.312 e. The molecule has 0 spiro atoms. The Bertz CT molecular complexity index is 1680. The van der Waals surface area contributed by atoms with E-state index < -0.39 is 4.92 Å². The van der Waals surface area contributed by atoms with Crippen molar-refractivity contribution in [1.82, 2.24) is 9.66 Å². The van der Waals surface area contributed by atoms with Crippen LogP contribution in [0.2, 0.25) is 0 Å². The number of methoxy groups -OCH3 is 1. The Hall–Kier alpha value is -4.31. The van der Waals surface area contributed by atoms with Crippen molar-refractivity contribution in [3.8, 4) is 22.9 Å². The van der Waals surface area contributed by atoms with E-state index in [0.29, 0.717) is 32.3 Å². The third-order valence-corrected chi connectivity index (χ3v) is 6.57. The minimum atomic E-state index is -0.538. The SMILES string of the molecule is C=CCOc1c(C=Nn2c(-c3cc(C(C)C)c(OC)cc3C)nc3ccccc3c2=O)cc(Br)cc1[N+](=O)[O-]. The van der Waals surface area contributed by atoms with E-state index in [1.165, 1.54) is 23.0 Å². The maximum Gasteiger partial charge on any atom is 0.312 e. The monoisotopic (exact) mass is 590 g/mol. The molecule has 0 bridgehead atoms. The van der Waals surface area contributed by atoms with Crippen LogP contribution in [0.5, 0.6) is 11.5 Å². The molecular formula is C29H27BrN4O5. The lowest BCUT2D eigenvalue weighted by atomic mass is 9.96. The van der Waals surface area contributed by atoms with Gasteiger partial charge in [-0.15, -0.1) is 0 Å². The average Bonchev–Trinajstić information content (AvgIpc) is 2.91. The molecule has 9 nitrogen and oxygen atoms in total. The minimum absolute atomic E-state index is 0.0120. The zero-order valence-corrected chi connectivity index (χ0v) is 23.6. The number of nitro groups is 1. The zero-order chi connectivity index (χ0) is 28.3. The topological polar surface area (TPSA) is 109 Å². The van der Waals surface area contributed by atoms with E-state index in [0.717, 1.165) is 16.9 Å². The third-order valence-electron chi connectivity index (χ3n) is 6.11. The average molecular weight is 591 g/mol. The first kappa shape index (κ1) is 27.7. The van der Waals surface area contributed by atoms with Crippen molar-refractivity contribution in [2.75, 3.05) is 13.7 Å². The van der Waals surface area contributed by atoms with Crippen LogP contribution in [-0.4, -0.2) is 34.5 Å². The van der Waals surface area contributed by atoms with Gasteiger partial charge in [-0.25, -0.2) is 4.98 Å². The van der Waals surface area contributed by atoms with Gasteiger partial charge in [0.2, 0.25) is 5.75 Å². The number of rotatable bonds is 9. The van der Waals surface area contributed by atoms with Gasteiger partial charge in [0.15, 0.2) is 5.82 Å². The Balaban J connectivity index is 2.01. The lowest BCUT2D eigenvalue weighted by Crippen LogP contribution is -2.21. The number of aryl methyl sites for hydroxylation is 1. The fourth-order valence-electron chi connectivity index (χ4n) is 4.22. The van der Waals surface area contributed by atoms with E-state index in [1.807, 2.05) is 25.1 Å². The molecule has 0 unspecified atom stereocenters. The Kier molecular flexibility index (Phi) is 8.25. The molecule has 0 N–H and O–H groups in total. The quantitative estimate of drug-likeness (QED) is 0.0937. The highest BCUT2D eigenvalue weighted by Crippen LogP contribution is 2.35.